The quantitative estimate of drug-likeness (QED) is 0.0356. The fourth-order valence-corrected chi connectivity index (χ4v) is 11.2. The molecule has 2 aliphatic heterocycles. The standard InChI is InChI=1S/C64H104N12O18/c1-13-36(10)50(72-57(86)44(30-49(80)81)66-53(82)40(65)25-32(2)3)60(89)74-52(38(12)79)63(92)75-23-17-21-47(75)59(88)69-43(29-39-19-15-14-16-20-39)55(84)67-41(26-33(4)5)54(83)71-46(31-77)58(87)68-42(27-34(6)7)56(85)73-51(37(11)78)61(90)70-45(28-35(8)9)62(91)76-24-18-22-48(76)64(93)94/h14-16,19-20,32-38,40-48,50-52,77-79H,13,17-18,21-31,65H2,1-12H3,(H,66,82)(H,67,84)(H,68,87)(H,69,88)(H,70,90)(H,71,83)(H,72,86)(H,73,85)(H,74,89)(H,80,81)(H,93,94)/t36-,37+,38+,40-,41-,42-,43-,44-,45-,46-,47-,48-,50-,51-,52-/m0/s1. The normalized spacial score (nSPS) is 18.9. The van der Waals surface area contributed by atoms with Crippen molar-refractivity contribution in [2.45, 2.75) is 238 Å². The van der Waals surface area contributed by atoms with Gasteiger partial charge in [-0.3, -0.25) is 57.5 Å². The van der Waals surface area contributed by atoms with E-state index in [1.165, 1.54) is 18.7 Å². The summed E-state index contributed by atoms with van der Waals surface area (Å²) in [6, 6.07) is -8.68. The minimum atomic E-state index is -1.74. The Morgan fingerprint density at radius 2 is 0.894 bits per heavy atom. The molecule has 15 atom stereocenters. The Balaban J connectivity index is 1.86. The average molecular weight is 1330 g/mol. The number of aliphatic hydroxyl groups excluding tert-OH is 3. The van der Waals surface area contributed by atoms with Crippen LogP contribution in [0.4, 0.5) is 0 Å². The number of hydrogen-bond acceptors (Lipinski definition) is 17. The Hall–Kier alpha value is -7.83. The van der Waals surface area contributed by atoms with Crippen molar-refractivity contribution in [2.24, 2.45) is 35.3 Å². The number of hydrogen-bond donors (Lipinski definition) is 15. The molecule has 2 heterocycles. The highest BCUT2D eigenvalue weighted by molar-refractivity contribution is 6.00. The summed E-state index contributed by atoms with van der Waals surface area (Å²) < 4.78 is 0. The number of nitrogens with two attached hydrogens (primary N) is 1. The smallest absolute Gasteiger partial charge is 0.326 e. The molecule has 0 aromatic heterocycles. The fraction of sp³-hybridized carbons (Fsp3) is 0.703. The maximum atomic E-state index is 14.6. The van der Waals surface area contributed by atoms with E-state index >= 15 is 0 Å². The van der Waals surface area contributed by atoms with Crippen LogP contribution in [-0.4, -0.2) is 217 Å². The highest BCUT2D eigenvalue weighted by Crippen LogP contribution is 2.23. The molecule has 2 saturated heterocycles. The van der Waals surface area contributed by atoms with E-state index in [9.17, 15) is 87.9 Å². The van der Waals surface area contributed by atoms with Gasteiger partial charge in [0, 0.05) is 19.5 Å². The third-order valence-electron chi connectivity index (χ3n) is 16.4. The number of carboxylic acid groups (broad SMARTS) is 2. The van der Waals surface area contributed by atoms with Crippen molar-refractivity contribution < 1.29 is 87.9 Å². The number of likely N-dealkylation sites (tertiary alicyclic amines) is 2. The highest BCUT2D eigenvalue weighted by atomic mass is 16.4. The second kappa shape index (κ2) is 38.5. The van der Waals surface area contributed by atoms with E-state index in [-0.39, 0.29) is 94.5 Å². The van der Waals surface area contributed by atoms with Crippen LogP contribution in [0.2, 0.25) is 0 Å². The summed E-state index contributed by atoms with van der Waals surface area (Å²) in [5.74, 6) is -14.0. The first kappa shape index (κ1) is 80.4. The Morgan fingerprint density at radius 3 is 1.38 bits per heavy atom. The second-order valence-corrected chi connectivity index (χ2v) is 26.5. The maximum Gasteiger partial charge on any atom is 0.326 e. The molecule has 3 rings (SSSR count). The number of rotatable bonds is 38. The van der Waals surface area contributed by atoms with Gasteiger partial charge in [0.25, 0.3) is 0 Å². The predicted molar refractivity (Wildman–Crippen MR) is 343 cm³/mol. The molecule has 0 unspecified atom stereocenters. The first-order valence-corrected chi connectivity index (χ1v) is 32.6. The minimum Gasteiger partial charge on any atom is -0.481 e. The number of benzene rings is 1. The van der Waals surface area contributed by atoms with Crippen LogP contribution in [0.15, 0.2) is 30.3 Å². The van der Waals surface area contributed by atoms with E-state index < -0.39 is 181 Å². The Bertz CT molecular complexity index is 2770. The Kier molecular flexibility index (Phi) is 32.9. The fourth-order valence-electron chi connectivity index (χ4n) is 11.2. The molecule has 2 aliphatic rings. The lowest BCUT2D eigenvalue weighted by Crippen LogP contribution is -2.63. The van der Waals surface area contributed by atoms with E-state index in [1.54, 1.807) is 85.7 Å². The summed E-state index contributed by atoms with van der Waals surface area (Å²) >= 11 is 0. The summed E-state index contributed by atoms with van der Waals surface area (Å²) in [7, 11) is 0. The van der Waals surface area contributed by atoms with Crippen LogP contribution in [-0.2, 0) is 68.7 Å². The molecule has 0 aliphatic carbocycles. The lowest BCUT2D eigenvalue weighted by Gasteiger charge is -2.33. The van der Waals surface area contributed by atoms with Crippen molar-refractivity contribution in [3.8, 4) is 0 Å². The van der Waals surface area contributed by atoms with Crippen LogP contribution in [0.1, 0.15) is 153 Å². The summed E-state index contributed by atoms with van der Waals surface area (Å²) in [6.45, 7) is 19.0. The van der Waals surface area contributed by atoms with Crippen LogP contribution in [0.3, 0.4) is 0 Å². The molecule has 30 heteroatoms. The van der Waals surface area contributed by atoms with E-state index in [0.717, 1.165) is 4.90 Å². The van der Waals surface area contributed by atoms with Gasteiger partial charge in [-0.1, -0.05) is 106 Å². The van der Waals surface area contributed by atoms with Crippen molar-refractivity contribution in [2.75, 3.05) is 19.7 Å². The third kappa shape index (κ3) is 25.1. The molecule has 1 aromatic rings. The SMILES string of the molecule is CC[C@H](C)[C@H](NC(=O)[C@H](CC(=O)O)NC(=O)[C@@H](N)CC(C)C)C(=O)N[C@H](C(=O)N1CCC[C@H]1C(=O)N[C@@H](Cc1ccccc1)C(=O)N[C@@H](CC(C)C)C(=O)N[C@@H](CO)C(=O)N[C@@H](CC(C)C)C(=O)N[C@H](C(=O)N[C@@H](CC(C)C)C(=O)N1CCC[C@H]1C(=O)O)[C@@H](C)O)[C@@H](C)O. The van der Waals surface area contributed by atoms with Gasteiger partial charge in [0.15, 0.2) is 0 Å². The molecule has 0 saturated carbocycles. The van der Waals surface area contributed by atoms with Crippen molar-refractivity contribution in [1.82, 2.24) is 57.7 Å². The zero-order valence-corrected chi connectivity index (χ0v) is 56.3. The Labute approximate surface area is 549 Å². The van der Waals surface area contributed by atoms with Crippen molar-refractivity contribution in [1.29, 1.82) is 0 Å². The molecule has 0 spiro atoms. The number of carboxylic acids is 2. The molecular formula is C64H104N12O18. The number of carbonyl (C=O) groups is 13. The molecule has 1 aromatic carbocycles. The van der Waals surface area contributed by atoms with Gasteiger partial charge in [-0.15, -0.1) is 0 Å². The molecule has 2 fully saturated rings. The molecule has 94 heavy (non-hydrogen) atoms. The summed E-state index contributed by atoms with van der Waals surface area (Å²) in [4.78, 5) is 180. The summed E-state index contributed by atoms with van der Waals surface area (Å²) in [6.07, 6.45) is -2.65. The highest BCUT2D eigenvalue weighted by Gasteiger charge is 2.44. The van der Waals surface area contributed by atoms with Crippen LogP contribution in [0, 0.1) is 29.6 Å². The largest absolute Gasteiger partial charge is 0.481 e. The van der Waals surface area contributed by atoms with Gasteiger partial charge in [-0.2, -0.15) is 0 Å². The monoisotopic (exact) mass is 1330 g/mol. The molecule has 16 N–H and O–H groups in total. The van der Waals surface area contributed by atoms with Crippen LogP contribution in [0.5, 0.6) is 0 Å². The molecule has 528 valence electrons. The van der Waals surface area contributed by atoms with Gasteiger partial charge in [-0.25, -0.2) is 4.79 Å². The minimum absolute atomic E-state index is 0.00936. The molecule has 0 bridgehead atoms. The summed E-state index contributed by atoms with van der Waals surface area (Å²) in [5, 5.41) is 74.6. The van der Waals surface area contributed by atoms with E-state index in [2.05, 4.69) is 47.9 Å². The van der Waals surface area contributed by atoms with Crippen LogP contribution < -0.4 is 53.6 Å². The first-order valence-electron chi connectivity index (χ1n) is 32.6. The van der Waals surface area contributed by atoms with Crippen molar-refractivity contribution in [3.63, 3.8) is 0 Å². The van der Waals surface area contributed by atoms with Gasteiger partial charge >= 0.3 is 11.9 Å². The maximum absolute atomic E-state index is 14.6. The van der Waals surface area contributed by atoms with Gasteiger partial charge in [-0.05, 0) is 100 Å². The van der Waals surface area contributed by atoms with Gasteiger partial charge < -0.3 is 88.9 Å². The number of nitrogens with zero attached hydrogens (tertiary/aromatic N) is 2. The second-order valence-electron chi connectivity index (χ2n) is 26.5. The average Bonchev–Trinajstić information content (AvgIpc) is 1.56. The third-order valence-corrected chi connectivity index (χ3v) is 16.4. The molecule has 11 amide bonds. The van der Waals surface area contributed by atoms with E-state index in [4.69, 9.17) is 5.73 Å². The number of aliphatic hydroxyl groups is 3. The number of amides is 11. The van der Waals surface area contributed by atoms with Crippen molar-refractivity contribution >= 4 is 76.9 Å². The van der Waals surface area contributed by atoms with Gasteiger partial charge in [0.2, 0.25) is 65.0 Å². The van der Waals surface area contributed by atoms with E-state index in [1.807, 2.05) is 13.8 Å². The number of carbonyl (C=O) groups excluding carboxylic acids is 11. The van der Waals surface area contributed by atoms with Crippen LogP contribution in [0.25, 0.3) is 0 Å². The lowest BCUT2D eigenvalue weighted by atomic mass is 9.96. The van der Waals surface area contributed by atoms with Gasteiger partial charge in [0.1, 0.15) is 66.5 Å². The number of nitrogens with one attached hydrogen (secondary N) is 9. The zero-order valence-electron chi connectivity index (χ0n) is 56.3. The Morgan fingerprint density at radius 1 is 0.479 bits per heavy atom. The predicted octanol–water partition coefficient (Wildman–Crippen LogP) is -1.55. The molecule has 30 nitrogen and oxygen atoms in total. The number of aliphatic carboxylic acids is 2. The van der Waals surface area contributed by atoms with Crippen molar-refractivity contribution in [3.05, 3.63) is 35.9 Å². The summed E-state index contributed by atoms with van der Waals surface area (Å²) in [5.41, 5.74) is 6.56. The van der Waals surface area contributed by atoms with Crippen LogP contribution >= 0.6 is 0 Å². The zero-order chi connectivity index (χ0) is 71.0. The topological polar surface area (TPSA) is 464 Å². The molecular weight excluding hydrogens is 1220 g/mol. The van der Waals surface area contributed by atoms with E-state index in [0.29, 0.717) is 12.0 Å². The van der Waals surface area contributed by atoms with Gasteiger partial charge in [0.05, 0.1) is 31.3 Å². The lowest BCUT2D eigenvalue weighted by molar-refractivity contribution is -0.149. The molecule has 0 radical (unpaired) electrons. The first-order chi connectivity index (χ1) is 44.0.